The molecule has 1 aliphatic rings. The lowest BCUT2D eigenvalue weighted by Gasteiger charge is -2.27. The van der Waals surface area contributed by atoms with Gasteiger partial charge in [0.2, 0.25) is 0 Å². The zero-order valence-corrected chi connectivity index (χ0v) is 10.2. The standard InChI is InChI=1S/C13H26/c1-9(2)12-8-11(7-10(12)3)13(4,5)6/h9-12H,7-8H2,1-6H3. The molecule has 0 N–H and O–H groups in total. The predicted octanol–water partition coefficient (Wildman–Crippen LogP) is 4.35. The lowest BCUT2D eigenvalue weighted by Crippen LogP contribution is -2.18. The third-order valence-electron chi connectivity index (χ3n) is 4.02. The highest BCUT2D eigenvalue weighted by molar-refractivity contribution is 4.88. The molecule has 0 aromatic carbocycles. The molecule has 0 radical (unpaired) electrons. The van der Waals surface area contributed by atoms with Gasteiger partial charge in [0.15, 0.2) is 0 Å². The smallest absolute Gasteiger partial charge is 0.0354 e. The predicted molar refractivity (Wildman–Crippen MR) is 59.7 cm³/mol. The Labute approximate surface area is 84.1 Å². The summed E-state index contributed by atoms with van der Waals surface area (Å²) >= 11 is 0. The summed E-state index contributed by atoms with van der Waals surface area (Å²) in [5, 5.41) is 0. The first-order valence-electron chi connectivity index (χ1n) is 5.82. The van der Waals surface area contributed by atoms with Crippen LogP contribution in [0, 0.1) is 29.1 Å². The fourth-order valence-corrected chi connectivity index (χ4v) is 2.92. The average Bonchev–Trinajstić information content (AvgIpc) is 2.29. The first-order chi connectivity index (χ1) is 5.82. The molecule has 0 aromatic rings. The van der Waals surface area contributed by atoms with Crippen LogP contribution in [0.3, 0.4) is 0 Å². The molecule has 1 saturated carbocycles. The fourth-order valence-electron chi connectivity index (χ4n) is 2.92. The molecule has 0 heterocycles. The largest absolute Gasteiger partial charge is 0.0625 e. The number of rotatable bonds is 1. The minimum Gasteiger partial charge on any atom is -0.0625 e. The van der Waals surface area contributed by atoms with Gasteiger partial charge in [-0.1, -0.05) is 41.5 Å². The number of hydrogen-bond acceptors (Lipinski definition) is 0. The zero-order valence-electron chi connectivity index (χ0n) is 10.2. The van der Waals surface area contributed by atoms with Gasteiger partial charge >= 0.3 is 0 Å². The van der Waals surface area contributed by atoms with E-state index in [1.807, 2.05) is 0 Å². The van der Waals surface area contributed by atoms with Crippen molar-refractivity contribution in [2.45, 2.75) is 54.4 Å². The summed E-state index contributed by atoms with van der Waals surface area (Å²) in [5.74, 6) is 3.76. The van der Waals surface area contributed by atoms with Crippen LogP contribution in [0.5, 0.6) is 0 Å². The van der Waals surface area contributed by atoms with Gasteiger partial charge in [-0.15, -0.1) is 0 Å². The fraction of sp³-hybridized carbons (Fsp3) is 1.00. The van der Waals surface area contributed by atoms with Crippen molar-refractivity contribution in [1.29, 1.82) is 0 Å². The highest BCUT2D eigenvalue weighted by atomic mass is 14.4. The molecule has 0 saturated heterocycles. The summed E-state index contributed by atoms with van der Waals surface area (Å²) in [5.41, 5.74) is 0.526. The van der Waals surface area contributed by atoms with Gasteiger partial charge in [0, 0.05) is 0 Å². The summed E-state index contributed by atoms with van der Waals surface area (Å²) in [6, 6.07) is 0. The van der Waals surface area contributed by atoms with Gasteiger partial charge in [-0.25, -0.2) is 0 Å². The van der Waals surface area contributed by atoms with Crippen LogP contribution in [-0.4, -0.2) is 0 Å². The van der Waals surface area contributed by atoms with Crippen molar-refractivity contribution >= 4 is 0 Å². The van der Waals surface area contributed by atoms with Crippen molar-refractivity contribution in [2.75, 3.05) is 0 Å². The summed E-state index contributed by atoms with van der Waals surface area (Å²) in [4.78, 5) is 0. The van der Waals surface area contributed by atoms with E-state index in [0.29, 0.717) is 5.41 Å². The molecule has 3 unspecified atom stereocenters. The summed E-state index contributed by atoms with van der Waals surface area (Å²) in [7, 11) is 0. The van der Waals surface area contributed by atoms with Gasteiger partial charge < -0.3 is 0 Å². The summed E-state index contributed by atoms with van der Waals surface area (Å²) < 4.78 is 0. The lowest BCUT2D eigenvalue weighted by atomic mass is 9.78. The maximum absolute atomic E-state index is 2.44. The molecule has 0 aliphatic heterocycles. The van der Waals surface area contributed by atoms with Gasteiger partial charge in [0.1, 0.15) is 0 Å². The minimum atomic E-state index is 0.526. The van der Waals surface area contributed by atoms with E-state index in [4.69, 9.17) is 0 Å². The second-order valence-electron chi connectivity index (χ2n) is 6.42. The van der Waals surface area contributed by atoms with Gasteiger partial charge in [0.05, 0.1) is 0 Å². The van der Waals surface area contributed by atoms with Crippen LogP contribution in [0.15, 0.2) is 0 Å². The molecule has 1 rings (SSSR count). The first-order valence-corrected chi connectivity index (χ1v) is 5.82. The van der Waals surface area contributed by atoms with Crippen LogP contribution in [0.1, 0.15) is 54.4 Å². The van der Waals surface area contributed by atoms with E-state index in [1.54, 1.807) is 0 Å². The van der Waals surface area contributed by atoms with E-state index in [9.17, 15) is 0 Å². The normalized spacial score (nSPS) is 35.8. The van der Waals surface area contributed by atoms with Crippen molar-refractivity contribution in [3.05, 3.63) is 0 Å². The molecule has 1 aliphatic carbocycles. The second-order valence-corrected chi connectivity index (χ2v) is 6.42. The maximum Gasteiger partial charge on any atom is -0.0354 e. The van der Waals surface area contributed by atoms with E-state index < -0.39 is 0 Å². The molecule has 78 valence electrons. The molecule has 0 amide bonds. The van der Waals surface area contributed by atoms with Crippen molar-refractivity contribution in [3.63, 3.8) is 0 Å². The van der Waals surface area contributed by atoms with E-state index in [-0.39, 0.29) is 0 Å². The van der Waals surface area contributed by atoms with Gasteiger partial charge in [0.25, 0.3) is 0 Å². The van der Waals surface area contributed by atoms with Gasteiger partial charge in [-0.2, -0.15) is 0 Å². The Bertz CT molecular complexity index is 161. The van der Waals surface area contributed by atoms with Crippen molar-refractivity contribution in [3.8, 4) is 0 Å². The molecule has 0 bridgehead atoms. The van der Waals surface area contributed by atoms with Crippen molar-refractivity contribution in [1.82, 2.24) is 0 Å². The Hall–Kier alpha value is 0. The van der Waals surface area contributed by atoms with Crippen LogP contribution in [0.4, 0.5) is 0 Å². The highest BCUT2D eigenvalue weighted by Crippen LogP contribution is 2.47. The maximum atomic E-state index is 2.44. The van der Waals surface area contributed by atoms with Crippen molar-refractivity contribution in [2.24, 2.45) is 29.1 Å². The monoisotopic (exact) mass is 182 g/mol. The Kier molecular flexibility index (Phi) is 3.09. The average molecular weight is 182 g/mol. The molecule has 0 spiro atoms. The van der Waals surface area contributed by atoms with Crippen LogP contribution in [0.2, 0.25) is 0 Å². The lowest BCUT2D eigenvalue weighted by molar-refractivity contribution is 0.231. The van der Waals surface area contributed by atoms with E-state index in [2.05, 4.69) is 41.5 Å². The van der Waals surface area contributed by atoms with Gasteiger partial charge in [-0.05, 0) is 41.9 Å². The number of hydrogen-bond donors (Lipinski definition) is 0. The summed E-state index contributed by atoms with van der Waals surface area (Å²) in [6.45, 7) is 14.4. The Morgan fingerprint density at radius 1 is 1.08 bits per heavy atom. The van der Waals surface area contributed by atoms with E-state index in [0.717, 1.165) is 23.7 Å². The minimum absolute atomic E-state index is 0.526. The molecule has 0 heteroatoms. The van der Waals surface area contributed by atoms with Crippen LogP contribution < -0.4 is 0 Å². The van der Waals surface area contributed by atoms with Crippen LogP contribution in [0.25, 0.3) is 0 Å². The molecule has 0 aromatic heterocycles. The first kappa shape index (κ1) is 11.1. The van der Waals surface area contributed by atoms with Crippen molar-refractivity contribution < 1.29 is 0 Å². The molecular weight excluding hydrogens is 156 g/mol. The molecular formula is C13H26. The molecule has 1 fully saturated rings. The van der Waals surface area contributed by atoms with Crippen LogP contribution in [-0.2, 0) is 0 Å². The molecule has 3 atom stereocenters. The Morgan fingerprint density at radius 3 is 1.85 bits per heavy atom. The SMILES string of the molecule is CC(C)C1CC(C(C)(C)C)CC1C. The molecule has 0 nitrogen and oxygen atoms in total. The summed E-state index contributed by atoms with van der Waals surface area (Å²) in [6.07, 6.45) is 2.91. The van der Waals surface area contributed by atoms with Gasteiger partial charge in [-0.3, -0.25) is 0 Å². The Balaban J connectivity index is 2.60. The van der Waals surface area contributed by atoms with E-state index >= 15 is 0 Å². The van der Waals surface area contributed by atoms with E-state index in [1.165, 1.54) is 12.8 Å². The second kappa shape index (κ2) is 3.63. The third kappa shape index (κ3) is 2.48. The molecule has 13 heavy (non-hydrogen) atoms. The Morgan fingerprint density at radius 2 is 1.62 bits per heavy atom. The topological polar surface area (TPSA) is 0 Å². The quantitative estimate of drug-likeness (QED) is 0.565. The zero-order chi connectivity index (χ0) is 10.2. The third-order valence-corrected chi connectivity index (χ3v) is 4.02. The van der Waals surface area contributed by atoms with Crippen LogP contribution >= 0.6 is 0 Å². The highest BCUT2D eigenvalue weighted by Gasteiger charge is 2.38.